The minimum Gasteiger partial charge on any atom is -0.491 e. The molecule has 2 N–H and O–H groups in total. The van der Waals surface area contributed by atoms with Gasteiger partial charge in [0.2, 0.25) is 0 Å². The highest BCUT2D eigenvalue weighted by Gasteiger charge is 2.21. The summed E-state index contributed by atoms with van der Waals surface area (Å²) in [4.78, 5) is 23.3. The molecule has 0 radical (unpaired) electrons. The molecule has 3 aromatic carbocycles. The fourth-order valence-electron chi connectivity index (χ4n) is 2.64. The Hall–Kier alpha value is -3.80. The topological polar surface area (TPSA) is 84.9 Å². The fraction of sp³-hybridized carbons (Fsp3) is 0.130. The molecule has 0 aromatic heterocycles. The molecule has 1 amide bonds. The molecule has 1 unspecified atom stereocenters. The van der Waals surface area contributed by atoms with Crippen LogP contribution in [-0.2, 0) is 16.1 Å². The van der Waals surface area contributed by atoms with Gasteiger partial charge < -0.3 is 19.9 Å². The van der Waals surface area contributed by atoms with Crippen LogP contribution in [-0.4, -0.2) is 29.8 Å². The minimum absolute atomic E-state index is 0.0564. The first-order chi connectivity index (χ1) is 14.1. The summed E-state index contributed by atoms with van der Waals surface area (Å²) < 4.78 is 10.6. The van der Waals surface area contributed by atoms with Crippen LogP contribution in [0.15, 0.2) is 84.9 Å². The number of carboxylic acid groups (broad SMARTS) is 1. The number of carbonyl (C=O) groups is 2. The van der Waals surface area contributed by atoms with E-state index in [0.29, 0.717) is 5.75 Å². The Bertz CT molecular complexity index is 927. The molecule has 3 rings (SSSR count). The van der Waals surface area contributed by atoms with Crippen molar-refractivity contribution in [1.82, 2.24) is 5.32 Å². The number of carbonyl (C=O) groups excluding carboxylic acids is 1. The lowest BCUT2D eigenvalue weighted by molar-refractivity contribution is -0.140. The Balaban J connectivity index is 1.51. The van der Waals surface area contributed by atoms with Gasteiger partial charge in [-0.2, -0.15) is 0 Å². The molecule has 0 aliphatic carbocycles. The molecule has 0 saturated carbocycles. The van der Waals surface area contributed by atoms with E-state index in [1.165, 1.54) is 0 Å². The molecule has 0 spiro atoms. The lowest BCUT2D eigenvalue weighted by Crippen LogP contribution is -2.45. The Kier molecular flexibility index (Phi) is 6.84. The van der Waals surface area contributed by atoms with Crippen molar-refractivity contribution in [3.63, 3.8) is 0 Å². The van der Waals surface area contributed by atoms with E-state index in [1.807, 2.05) is 72.8 Å². The second-order valence-electron chi connectivity index (χ2n) is 6.30. The lowest BCUT2D eigenvalue weighted by Gasteiger charge is -2.16. The molecule has 0 heterocycles. The van der Waals surface area contributed by atoms with Gasteiger partial charge in [0.15, 0.2) is 6.04 Å². The third kappa shape index (κ3) is 6.10. The van der Waals surface area contributed by atoms with Gasteiger partial charge in [-0.05, 0) is 28.8 Å². The standard InChI is InChI=1S/C23H21NO5/c25-22(26)21(24-23(27)29-15-17-7-3-1-4-8-17)16-28-20-13-11-19(12-14-20)18-9-5-2-6-10-18/h1-14,21H,15-16H2,(H,24,27)(H,25,26). The summed E-state index contributed by atoms with van der Waals surface area (Å²) in [5.41, 5.74) is 2.91. The van der Waals surface area contributed by atoms with E-state index < -0.39 is 18.1 Å². The molecule has 3 aromatic rings. The summed E-state index contributed by atoms with van der Waals surface area (Å²) in [7, 11) is 0. The fourth-order valence-corrected chi connectivity index (χ4v) is 2.64. The second kappa shape index (κ2) is 9.94. The van der Waals surface area contributed by atoms with Gasteiger partial charge in [0.05, 0.1) is 0 Å². The Morgan fingerprint density at radius 1 is 0.828 bits per heavy atom. The van der Waals surface area contributed by atoms with Crippen LogP contribution in [0.25, 0.3) is 11.1 Å². The molecule has 148 valence electrons. The van der Waals surface area contributed by atoms with E-state index in [1.54, 1.807) is 12.1 Å². The average Bonchev–Trinajstić information content (AvgIpc) is 2.76. The maximum absolute atomic E-state index is 11.9. The zero-order chi connectivity index (χ0) is 20.5. The first-order valence-corrected chi connectivity index (χ1v) is 9.10. The number of hydrogen-bond donors (Lipinski definition) is 2. The van der Waals surface area contributed by atoms with Gasteiger partial charge in [-0.15, -0.1) is 0 Å². The molecule has 6 heteroatoms. The highest BCUT2D eigenvalue weighted by Crippen LogP contribution is 2.22. The smallest absolute Gasteiger partial charge is 0.408 e. The highest BCUT2D eigenvalue weighted by atomic mass is 16.5. The molecule has 0 aliphatic rings. The molecule has 6 nitrogen and oxygen atoms in total. The van der Waals surface area contributed by atoms with Crippen LogP contribution in [0.2, 0.25) is 0 Å². The van der Waals surface area contributed by atoms with E-state index >= 15 is 0 Å². The predicted molar refractivity (Wildman–Crippen MR) is 109 cm³/mol. The van der Waals surface area contributed by atoms with Crippen LogP contribution in [0.5, 0.6) is 5.75 Å². The monoisotopic (exact) mass is 391 g/mol. The van der Waals surface area contributed by atoms with Gasteiger partial charge in [0.25, 0.3) is 0 Å². The van der Waals surface area contributed by atoms with Crippen LogP contribution < -0.4 is 10.1 Å². The summed E-state index contributed by atoms with van der Waals surface area (Å²) in [6.45, 7) is -0.165. The Morgan fingerprint density at radius 2 is 1.41 bits per heavy atom. The van der Waals surface area contributed by atoms with E-state index in [0.717, 1.165) is 16.7 Å². The summed E-state index contributed by atoms with van der Waals surface area (Å²) in [6.07, 6.45) is -0.815. The maximum atomic E-state index is 11.9. The van der Waals surface area contributed by atoms with Crippen LogP contribution in [0.3, 0.4) is 0 Å². The summed E-state index contributed by atoms with van der Waals surface area (Å²) in [5, 5.41) is 11.6. The van der Waals surface area contributed by atoms with Gasteiger partial charge in [0.1, 0.15) is 19.0 Å². The largest absolute Gasteiger partial charge is 0.491 e. The number of hydrogen-bond acceptors (Lipinski definition) is 4. The number of nitrogens with one attached hydrogen (secondary N) is 1. The third-order valence-electron chi connectivity index (χ3n) is 4.18. The first-order valence-electron chi connectivity index (χ1n) is 9.10. The van der Waals surface area contributed by atoms with Gasteiger partial charge in [-0.1, -0.05) is 72.8 Å². The highest BCUT2D eigenvalue weighted by molar-refractivity contribution is 5.80. The molecule has 0 saturated heterocycles. The number of carboxylic acids is 1. The van der Waals surface area contributed by atoms with E-state index in [2.05, 4.69) is 5.32 Å². The molecular weight excluding hydrogens is 370 g/mol. The quantitative estimate of drug-likeness (QED) is 0.604. The van der Waals surface area contributed by atoms with Gasteiger partial charge in [-0.3, -0.25) is 0 Å². The molecule has 0 aliphatic heterocycles. The van der Waals surface area contributed by atoms with Crippen LogP contribution in [0.4, 0.5) is 4.79 Å². The zero-order valence-electron chi connectivity index (χ0n) is 15.7. The Labute approximate surface area is 168 Å². The van der Waals surface area contributed by atoms with Crippen molar-refractivity contribution >= 4 is 12.1 Å². The van der Waals surface area contributed by atoms with Crippen molar-refractivity contribution in [2.45, 2.75) is 12.6 Å². The van der Waals surface area contributed by atoms with Gasteiger partial charge in [-0.25, -0.2) is 9.59 Å². The van der Waals surface area contributed by atoms with Crippen molar-refractivity contribution < 1.29 is 24.2 Å². The predicted octanol–water partition coefficient (Wildman–Crippen LogP) is 4.11. The van der Waals surface area contributed by atoms with Gasteiger partial charge in [0, 0.05) is 0 Å². The molecule has 1 atom stereocenters. The number of alkyl carbamates (subject to hydrolysis) is 1. The lowest BCUT2D eigenvalue weighted by atomic mass is 10.1. The minimum atomic E-state index is -1.23. The Morgan fingerprint density at radius 3 is 2.03 bits per heavy atom. The average molecular weight is 391 g/mol. The summed E-state index contributed by atoms with van der Waals surface area (Å²) in [5.74, 6) is -0.696. The second-order valence-corrected chi connectivity index (χ2v) is 6.30. The molecule has 0 bridgehead atoms. The number of amides is 1. The van der Waals surface area contributed by atoms with Crippen molar-refractivity contribution in [3.8, 4) is 16.9 Å². The van der Waals surface area contributed by atoms with Crippen molar-refractivity contribution in [2.75, 3.05) is 6.61 Å². The molecular formula is C23H21NO5. The van der Waals surface area contributed by atoms with Crippen molar-refractivity contribution in [3.05, 3.63) is 90.5 Å². The number of ether oxygens (including phenoxy) is 2. The van der Waals surface area contributed by atoms with Crippen LogP contribution >= 0.6 is 0 Å². The third-order valence-corrected chi connectivity index (χ3v) is 4.18. The molecule has 29 heavy (non-hydrogen) atoms. The number of aliphatic carboxylic acids is 1. The molecule has 0 fully saturated rings. The maximum Gasteiger partial charge on any atom is 0.408 e. The first kappa shape index (κ1) is 19.9. The number of benzene rings is 3. The SMILES string of the molecule is O=C(NC(COc1ccc(-c2ccccc2)cc1)C(=O)O)OCc1ccccc1. The summed E-state index contributed by atoms with van der Waals surface area (Å²) >= 11 is 0. The zero-order valence-corrected chi connectivity index (χ0v) is 15.7. The van der Waals surface area contributed by atoms with Crippen molar-refractivity contribution in [2.24, 2.45) is 0 Å². The van der Waals surface area contributed by atoms with E-state index in [4.69, 9.17) is 9.47 Å². The van der Waals surface area contributed by atoms with E-state index in [-0.39, 0.29) is 13.2 Å². The van der Waals surface area contributed by atoms with E-state index in [9.17, 15) is 14.7 Å². The van der Waals surface area contributed by atoms with Crippen LogP contribution in [0.1, 0.15) is 5.56 Å². The van der Waals surface area contributed by atoms with Crippen molar-refractivity contribution in [1.29, 1.82) is 0 Å². The number of rotatable bonds is 8. The summed E-state index contributed by atoms with van der Waals surface area (Å²) in [6, 6.07) is 25.1. The normalized spacial score (nSPS) is 11.3. The van der Waals surface area contributed by atoms with Gasteiger partial charge >= 0.3 is 12.1 Å². The van der Waals surface area contributed by atoms with Crippen LogP contribution in [0, 0.1) is 0 Å².